The second-order valence-corrected chi connectivity index (χ2v) is 4.76. The van der Waals surface area contributed by atoms with E-state index in [0.717, 1.165) is 11.3 Å². The van der Waals surface area contributed by atoms with Gasteiger partial charge < -0.3 is 10.1 Å². The van der Waals surface area contributed by atoms with E-state index in [1.165, 1.54) is 0 Å². The Balaban J connectivity index is 1.87. The summed E-state index contributed by atoms with van der Waals surface area (Å²) in [7, 11) is 0. The lowest BCUT2D eigenvalue weighted by atomic mass is 10.0. The molecule has 0 unspecified atom stereocenters. The highest BCUT2D eigenvalue weighted by molar-refractivity contribution is 5.94. The van der Waals surface area contributed by atoms with Crippen molar-refractivity contribution in [3.8, 4) is 17.8 Å². The second-order valence-electron chi connectivity index (χ2n) is 4.76. The van der Waals surface area contributed by atoms with Crippen LogP contribution in [0, 0.1) is 18.3 Å². The van der Waals surface area contributed by atoms with Gasteiger partial charge in [0.1, 0.15) is 17.5 Å². The lowest BCUT2D eigenvalue weighted by molar-refractivity contribution is -0.116. The summed E-state index contributed by atoms with van der Waals surface area (Å²) in [5.41, 5.74) is 2.76. The normalized spacial score (nSPS) is 13.0. The van der Waals surface area contributed by atoms with Gasteiger partial charge in [0.05, 0.1) is 0 Å². The Labute approximate surface area is 121 Å². The number of anilines is 1. The summed E-state index contributed by atoms with van der Waals surface area (Å²) in [5.74, 6) is 0.608. The van der Waals surface area contributed by atoms with E-state index < -0.39 is 0 Å². The first-order valence-electron chi connectivity index (χ1n) is 6.50. The van der Waals surface area contributed by atoms with Crippen LogP contribution < -0.4 is 10.1 Å². The number of rotatable bonds is 2. The van der Waals surface area contributed by atoms with Gasteiger partial charge in [-0.15, -0.1) is 0 Å². The fourth-order valence-corrected chi connectivity index (χ4v) is 2.17. The Morgan fingerprint density at radius 3 is 2.95 bits per heavy atom. The summed E-state index contributed by atoms with van der Waals surface area (Å²) in [6, 6.07) is 9.09. The van der Waals surface area contributed by atoms with E-state index in [-0.39, 0.29) is 17.6 Å². The van der Waals surface area contributed by atoms with E-state index in [2.05, 4.69) is 15.3 Å². The number of fused-ring (bicyclic) bond motifs is 1. The number of amides is 1. The van der Waals surface area contributed by atoms with Crippen molar-refractivity contribution in [2.45, 2.75) is 19.8 Å². The van der Waals surface area contributed by atoms with Crippen molar-refractivity contribution in [3.05, 3.63) is 41.2 Å². The SMILES string of the molecule is Cc1cc(C#N)nc(Oc2ccc3c(c2)CCC(=O)N3)n1. The van der Waals surface area contributed by atoms with Crippen LogP contribution in [-0.2, 0) is 11.2 Å². The highest BCUT2D eigenvalue weighted by atomic mass is 16.5. The molecule has 0 saturated carbocycles. The number of nitrogens with one attached hydrogen (secondary N) is 1. The number of benzene rings is 1. The van der Waals surface area contributed by atoms with Crippen molar-refractivity contribution in [2.75, 3.05) is 5.32 Å². The third-order valence-corrected chi connectivity index (χ3v) is 3.13. The molecule has 0 saturated heterocycles. The first-order valence-corrected chi connectivity index (χ1v) is 6.50. The highest BCUT2D eigenvalue weighted by Crippen LogP contribution is 2.28. The summed E-state index contributed by atoms with van der Waals surface area (Å²) in [5, 5.41) is 11.7. The van der Waals surface area contributed by atoms with Gasteiger partial charge in [-0.1, -0.05) is 0 Å². The van der Waals surface area contributed by atoms with Crippen LogP contribution >= 0.6 is 0 Å². The Morgan fingerprint density at radius 1 is 1.29 bits per heavy atom. The molecular formula is C15H12N4O2. The van der Waals surface area contributed by atoms with Gasteiger partial charge in [0.2, 0.25) is 5.91 Å². The fraction of sp³-hybridized carbons (Fsp3) is 0.200. The molecule has 104 valence electrons. The van der Waals surface area contributed by atoms with Gasteiger partial charge in [0.15, 0.2) is 0 Å². The van der Waals surface area contributed by atoms with Crippen LogP contribution in [0.4, 0.5) is 5.69 Å². The molecule has 2 aromatic rings. The molecule has 1 amide bonds. The number of nitrogens with zero attached hydrogens (tertiary/aromatic N) is 3. The lowest BCUT2D eigenvalue weighted by Gasteiger charge is -2.17. The molecule has 0 aliphatic carbocycles. The maximum Gasteiger partial charge on any atom is 0.323 e. The first-order chi connectivity index (χ1) is 10.1. The zero-order chi connectivity index (χ0) is 14.8. The van der Waals surface area contributed by atoms with Crippen LogP contribution in [0.1, 0.15) is 23.4 Å². The maximum atomic E-state index is 11.3. The average Bonchev–Trinajstić information content (AvgIpc) is 2.47. The van der Waals surface area contributed by atoms with E-state index >= 15 is 0 Å². The second kappa shape index (κ2) is 5.21. The van der Waals surface area contributed by atoms with E-state index in [0.29, 0.717) is 24.3 Å². The van der Waals surface area contributed by atoms with Crippen LogP contribution in [0.2, 0.25) is 0 Å². The number of hydrogen-bond acceptors (Lipinski definition) is 5. The smallest absolute Gasteiger partial charge is 0.323 e. The molecule has 3 rings (SSSR count). The van der Waals surface area contributed by atoms with Crippen molar-refractivity contribution < 1.29 is 9.53 Å². The Bertz CT molecular complexity index is 765. The number of aromatic nitrogens is 2. The fourth-order valence-electron chi connectivity index (χ4n) is 2.17. The van der Waals surface area contributed by atoms with Crippen molar-refractivity contribution in [1.82, 2.24) is 9.97 Å². The molecule has 21 heavy (non-hydrogen) atoms. The van der Waals surface area contributed by atoms with Gasteiger partial charge in [-0.3, -0.25) is 4.79 Å². The van der Waals surface area contributed by atoms with E-state index in [9.17, 15) is 4.79 Å². The van der Waals surface area contributed by atoms with Crippen LogP contribution in [0.15, 0.2) is 24.3 Å². The molecule has 0 radical (unpaired) electrons. The van der Waals surface area contributed by atoms with Gasteiger partial charge >= 0.3 is 6.01 Å². The lowest BCUT2D eigenvalue weighted by Crippen LogP contribution is -2.18. The topological polar surface area (TPSA) is 87.9 Å². The molecule has 6 nitrogen and oxygen atoms in total. The predicted molar refractivity (Wildman–Crippen MR) is 75.0 cm³/mol. The van der Waals surface area contributed by atoms with E-state index in [1.807, 2.05) is 12.1 Å². The number of carbonyl (C=O) groups excluding carboxylic acids is 1. The summed E-state index contributed by atoms with van der Waals surface area (Å²) in [6.07, 6.45) is 1.15. The van der Waals surface area contributed by atoms with Crippen molar-refractivity contribution in [2.24, 2.45) is 0 Å². The molecule has 0 bridgehead atoms. The number of ether oxygens (including phenoxy) is 1. The Hall–Kier alpha value is -2.94. The minimum atomic E-state index is 0.0249. The van der Waals surface area contributed by atoms with Crippen LogP contribution in [-0.4, -0.2) is 15.9 Å². The molecule has 1 N–H and O–H groups in total. The van der Waals surface area contributed by atoms with Crippen molar-refractivity contribution in [3.63, 3.8) is 0 Å². The minimum absolute atomic E-state index is 0.0249. The summed E-state index contributed by atoms with van der Waals surface area (Å²) in [4.78, 5) is 19.5. The molecule has 6 heteroatoms. The van der Waals surface area contributed by atoms with E-state index in [4.69, 9.17) is 10.00 Å². The summed E-state index contributed by atoms with van der Waals surface area (Å²) < 4.78 is 5.61. The largest absolute Gasteiger partial charge is 0.424 e. The minimum Gasteiger partial charge on any atom is -0.424 e. The molecule has 1 aliphatic heterocycles. The monoisotopic (exact) mass is 280 g/mol. The van der Waals surface area contributed by atoms with E-state index in [1.54, 1.807) is 25.1 Å². The number of carbonyl (C=O) groups is 1. The highest BCUT2D eigenvalue weighted by Gasteiger charge is 2.15. The van der Waals surface area contributed by atoms with Crippen molar-refractivity contribution >= 4 is 11.6 Å². The quantitative estimate of drug-likeness (QED) is 0.912. The van der Waals surface area contributed by atoms with Crippen LogP contribution in [0.25, 0.3) is 0 Å². The van der Waals surface area contributed by atoms with Crippen LogP contribution in [0.3, 0.4) is 0 Å². The van der Waals surface area contributed by atoms with Gasteiger partial charge in [-0.25, -0.2) is 4.98 Å². The predicted octanol–water partition coefficient (Wildman–Crippen LogP) is 2.33. The summed E-state index contributed by atoms with van der Waals surface area (Å²) in [6.45, 7) is 1.78. The molecule has 2 heterocycles. The van der Waals surface area contributed by atoms with Gasteiger partial charge in [0, 0.05) is 17.8 Å². The molecule has 0 atom stereocenters. The molecule has 1 aromatic heterocycles. The van der Waals surface area contributed by atoms with Crippen LogP contribution in [0.5, 0.6) is 11.8 Å². The molecule has 1 aliphatic rings. The Morgan fingerprint density at radius 2 is 2.14 bits per heavy atom. The van der Waals surface area contributed by atoms with Gasteiger partial charge in [-0.2, -0.15) is 10.2 Å². The number of hydrogen-bond donors (Lipinski definition) is 1. The molecule has 0 spiro atoms. The Kier molecular flexibility index (Phi) is 3.24. The van der Waals surface area contributed by atoms with Gasteiger partial charge in [0.25, 0.3) is 0 Å². The number of nitriles is 1. The van der Waals surface area contributed by atoms with Gasteiger partial charge in [-0.05, 0) is 43.2 Å². The third-order valence-electron chi connectivity index (χ3n) is 3.13. The summed E-state index contributed by atoms with van der Waals surface area (Å²) >= 11 is 0. The average molecular weight is 280 g/mol. The molecule has 1 aromatic carbocycles. The van der Waals surface area contributed by atoms with Crippen molar-refractivity contribution in [1.29, 1.82) is 5.26 Å². The third kappa shape index (κ3) is 2.82. The standard InChI is InChI=1S/C15H12N4O2/c1-9-6-11(8-16)18-15(17-9)21-12-3-4-13-10(7-12)2-5-14(20)19-13/h3-4,6-7H,2,5H2,1H3,(H,19,20). The molecular weight excluding hydrogens is 268 g/mol. The number of aryl methyl sites for hydroxylation is 2. The molecule has 0 fully saturated rings. The zero-order valence-corrected chi connectivity index (χ0v) is 11.4. The zero-order valence-electron chi connectivity index (χ0n) is 11.4. The first kappa shape index (κ1) is 13.1. The maximum absolute atomic E-state index is 11.3.